The normalized spacial score (nSPS) is 12.0. The Bertz CT molecular complexity index is 984. The molecule has 3 nitrogen and oxygen atoms in total. The highest BCUT2D eigenvalue weighted by molar-refractivity contribution is 6.30. The lowest BCUT2D eigenvalue weighted by Crippen LogP contribution is -2.06. The van der Waals surface area contributed by atoms with Gasteiger partial charge in [0.25, 0.3) is 0 Å². The molecule has 0 radical (unpaired) electrons. The zero-order chi connectivity index (χ0) is 20.9. The van der Waals surface area contributed by atoms with E-state index in [0.29, 0.717) is 16.5 Å². The van der Waals surface area contributed by atoms with E-state index in [0.717, 1.165) is 28.8 Å². The van der Waals surface area contributed by atoms with E-state index in [1.165, 1.54) is 19.2 Å². The lowest BCUT2D eigenvalue weighted by atomic mass is 10.0. The third-order valence-electron chi connectivity index (χ3n) is 4.09. The van der Waals surface area contributed by atoms with Gasteiger partial charge in [-0.3, -0.25) is 0 Å². The molecule has 29 heavy (non-hydrogen) atoms. The summed E-state index contributed by atoms with van der Waals surface area (Å²) in [7, 11) is 1.47. The molecule has 0 atom stereocenters. The van der Waals surface area contributed by atoms with Gasteiger partial charge >= 0.3 is 6.18 Å². The van der Waals surface area contributed by atoms with E-state index < -0.39 is 11.7 Å². The van der Waals surface area contributed by atoms with Crippen LogP contribution in [0.25, 0.3) is 0 Å². The second-order valence-corrected chi connectivity index (χ2v) is 6.58. The van der Waals surface area contributed by atoms with E-state index in [2.05, 4.69) is 5.16 Å². The van der Waals surface area contributed by atoms with Crippen molar-refractivity contribution in [3.8, 4) is 5.75 Å². The average Bonchev–Trinajstić information content (AvgIpc) is 2.71. The molecule has 0 bridgehead atoms. The van der Waals surface area contributed by atoms with Gasteiger partial charge < -0.3 is 9.57 Å². The minimum atomic E-state index is -4.37. The highest BCUT2D eigenvalue weighted by Crippen LogP contribution is 2.30. The van der Waals surface area contributed by atoms with Crippen LogP contribution >= 0.6 is 11.6 Å². The van der Waals surface area contributed by atoms with Crippen LogP contribution in [-0.2, 0) is 17.6 Å². The molecule has 3 aromatic carbocycles. The van der Waals surface area contributed by atoms with Gasteiger partial charge in [0.15, 0.2) is 0 Å². The number of halogens is 4. The fourth-order valence-corrected chi connectivity index (χ4v) is 2.81. The molecule has 0 aliphatic heterocycles. The summed E-state index contributed by atoms with van der Waals surface area (Å²) >= 11 is 5.95. The summed E-state index contributed by atoms with van der Waals surface area (Å²) in [6, 6.07) is 19.3. The van der Waals surface area contributed by atoms with Gasteiger partial charge in [0, 0.05) is 16.1 Å². The van der Waals surface area contributed by atoms with Gasteiger partial charge in [-0.15, -0.1) is 0 Å². The third-order valence-corrected chi connectivity index (χ3v) is 4.34. The third kappa shape index (κ3) is 5.51. The molecule has 7 heteroatoms. The molecule has 0 amide bonds. The van der Waals surface area contributed by atoms with E-state index in [1.807, 2.05) is 36.4 Å². The van der Waals surface area contributed by atoms with Crippen LogP contribution in [-0.4, -0.2) is 12.8 Å². The smallest absolute Gasteiger partial charge is 0.416 e. The molecular formula is C22H17ClF3NO2. The quantitative estimate of drug-likeness (QED) is 0.345. The van der Waals surface area contributed by atoms with Crippen LogP contribution in [0.4, 0.5) is 13.2 Å². The van der Waals surface area contributed by atoms with Crippen LogP contribution in [0.2, 0.25) is 5.02 Å². The topological polar surface area (TPSA) is 30.8 Å². The summed E-state index contributed by atoms with van der Waals surface area (Å²) in [5.41, 5.74) is 2.38. The molecule has 0 aliphatic carbocycles. The number of oxime groups is 1. The van der Waals surface area contributed by atoms with Gasteiger partial charge in [0.2, 0.25) is 0 Å². The van der Waals surface area contributed by atoms with Gasteiger partial charge in [-0.05, 0) is 48.0 Å². The zero-order valence-electron chi connectivity index (χ0n) is 15.4. The summed E-state index contributed by atoms with van der Waals surface area (Å²) < 4.78 is 43.6. The van der Waals surface area contributed by atoms with Crippen LogP contribution in [0.5, 0.6) is 5.75 Å². The summed E-state index contributed by atoms with van der Waals surface area (Å²) in [6.07, 6.45) is -4.37. The first-order chi connectivity index (χ1) is 13.9. The molecule has 0 fully saturated rings. The number of hydrogen-bond donors (Lipinski definition) is 0. The van der Waals surface area contributed by atoms with Gasteiger partial charge in [0.05, 0.1) is 5.56 Å². The zero-order valence-corrected chi connectivity index (χ0v) is 16.2. The van der Waals surface area contributed by atoms with E-state index >= 15 is 0 Å². The van der Waals surface area contributed by atoms with Crippen LogP contribution in [0.15, 0.2) is 78.0 Å². The van der Waals surface area contributed by atoms with Crippen molar-refractivity contribution in [1.29, 1.82) is 0 Å². The van der Waals surface area contributed by atoms with Gasteiger partial charge in [0.1, 0.15) is 25.2 Å². The van der Waals surface area contributed by atoms with Crippen LogP contribution in [0.3, 0.4) is 0 Å². The number of alkyl halides is 3. The molecular weight excluding hydrogens is 403 g/mol. The predicted molar refractivity (Wildman–Crippen MR) is 106 cm³/mol. The Balaban J connectivity index is 1.76. The van der Waals surface area contributed by atoms with Crippen molar-refractivity contribution in [2.75, 3.05) is 7.11 Å². The molecule has 150 valence electrons. The van der Waals surface area contributed by atoms with Crippen molar-refractivity contribution in [2.24, 2.45) is 5.16 Å². The fourth-order valence-electron chi connectivity index (χ4n) is 2.69. The molecule has 0 heterocycles. The summed E-state index contributed by atoms with van der Waals surface area (Å²) in [5, 5.41) is 4.73. The lowest BCUT2D eigenvalue weighted by molar-refractivity contribution is -0.137. The van der Waals surface area contributed by atoms with Crippen LogP contribution in [0, 0.1) is 0 Å². The first kappa shape index (κ1) is 20.7. The fraction of sp³-hybridized carbons (Fsp3) is 0.136. The first-order valence-electron chi connectivity index (χ1n) is 8.63. The SMILES string of the molecule is CON=C(c1ccc(Cl)cc1)c1cccc(COc2ccc(C(F)(F)F)cc2)c1. The number of ether oxygens (including phenoxy) is 1. The van der Waals surface area contributed by atoms with Crippen molar-refractivity contribution < 1.29 is 22.7 Å². The van der Waals surface area contributed by atoms with Crippen molar-refractivity contribution in [3.05, 3.63) is 100 Å². The van der Waals surface area contributed by atoms with Crippen molar-refractivity contribution in [2.45, 2.75) is 12.8 Å². The predicted octanol–water partition coefficient (Wildman–Crippen LogP) is 6.34. The molecule has 0 N–H and O–H groups in total. The van der Waals surface area contributed by atoms with E-state index in [-0.39, 0.29) is 6.61 Å². The molecule has 0 saturated heterocycles. The standard InChI is InChI=1S/C22H17ClF3NO2/c1-28-27-21(16-5-9-19(23)10-6-16)17-4-2-3-15(13-17)14-29-20-11-7-18(8-12-20)22(24,25)26/h2-13H,14H2,1H3. The summed E-state index contributed by atoms with van der Waals surface area (Å²) in [5.74, 6) is 0.354. The van der Waals surface area contributed by atoms with E-state index in [1.54, 1.807) is 12.1 Å². The van der Waals surface area contributed by atoms with Crippen LogP contribution < -0.4 is 4.74 Å². The molecule has 3 rings (SSSR count). The average molecular weight is 420 g/mol. The Labute approximate surface area is 171 Å². The molecule has 0 aromatic heterocycles. The molecule has 0 spiro atoms. The second-order valence-electron chi connectivity index (χ2n) is 6.14. The van der Waals surface area contributed by atoms with Gasteiger partial charge in [-0.1, -0.05) is 47.1 Å². The minimum absolute atomic E-state index is 0.195. The molecule has 0 aliphatic rings. The van der Waals surface area contributed by atoms with E-state index in [9.17, 15) is 13.2 Å². The first-order valence-corrected chi connectivity index (χ1v) is 9.01. The van der Waals surface area contributed by atoms with Crippen LogP contribution in [0.1, 0.15) is 22.3 Å². The maximum absolute atomic E-state index is 12.6. The maximum Gasteiger partial charge on any atom is 0.416 e. The van der Waals surface area contributed by atoms with Gasteiger partial charge in [-0.25, -0.2) is 0 Å². The summed E-state index contributed by atoms with van der Waals surface area (Å²) in [6.45, 7) is 0.195. The number of benzene rings is 3. The number of nitrogens with zero attached hydrogens (tertiary/aromatic N) is 1. The highest BCUT2D eigenvalue weighted by Gasteiger charge is 2.30. The molecule has 3 aromatic rings. The lowest BCUT2D eigenvalue weighted by Gasteiger charge is -2.11. The Morgan fingerprint density at radius 3 is 2.24 bits per heavy atom. The Hall–Kier alpha value is -2.99. The monoisotopic (exact) mass is 419 g/mol. The Morgan fingerprint density at radius 2 is 1.62 bits per heavy atom. The second kappa shape index (κ2) is 9.01. The highest BCUT2D eigenvalue weighted by atomic mass is 35.5. The summed E-state index contributed by atoms with van der Waals surface area (Å²) in [4.78, 5) is 4.98. The number of hydrogen-bond acceptors (Lipinski definition) is 3. The molecule has 0 saturated carbocycles. The number of rotatable bonds is 6. The largest absolute Gasteiger partial charge is 0.489 e. The van der Waals surface area contributed by atoms with E-state index in [4.69, 9.17) is 21.2 Å². The molecule has 0 unspecified atom stereocenters. The van der Waals surface area contributed by atoms with Gasteiger partial charge in [-0.2, -0.15) is 13.2 Å². The van der Waals surface area contributed by atoms with Crippen molar-refractivity contribution in [3.63, 3.8) is 0 Å². The maximum atomic E-state index is 12.6. The Morgan fingerprint density at radius 1 is 0.931 bits per heavy atom. The Kier molecular flexibility index (Phi) is 6.44. The van der Waals surface area contributed by atoms with Crippen molar-refractivity contribution >= 4 is 17.3 Å². The van der Waals surface area contributed by atoms with Crippen molar-refractivity contribution in [1.82, 2.24) is 0 Å². The minimum Gasteiger partial charge on any atom is -0.489 e.